The van der Waals surface area contributed by atoms with Crippen molar-refractivity contribution < 1.29 is 0 Å². The number of nitriles is 1. The molecule has 2 rings (SSSR count). The normalized spacial score (nSPS) is 12.4. The Hall–Kier alpha value is 1.14. The van der Waals surface area contributed by atoms with Gasteiger partial charge in [0, 0.05) is 0 Å². The second-order valence-electron chi connectivity index (χ2n) is 3.32. The summed E-state index contributed by atoms with van der Waals surface area (Å²) in [5.74, 6) is 0. The van der Waals surface area contributed by atoms with Crippen molar-refractivity contribution in [2.24, 2.45) is 4.99 Å². The predicted octanol–water partition coefficient (Wildman–Crippen LogP) is 2.85. The van der Waals surface area contributed by atoms with E-state index in [9.17, 15) is 0 Å². The fraction of sp³-hybridized carbons (Fsp3) is 0.200. The SMILES string of the molecule is N#CC(Cc1cc2sc(Br)cc2s1)N=[C]([Pb])[Pb]. The monoisotopic (exact) mass is 712 g/mol. The summed E-state index contributed by atoms with van der Waals surface area (Å²) in [6.45, 7) is 0. The van der Waals surface area contributed by atoms with Gasteiger partial charge < -0.3 is 0 Å². The molecular formula is C10H5BrN2Pb2S2. The Bertz CT molecular complexity index is 576. The molecule has 0 spiro atoms. The summed E-state index contributed by atoms with van der Waals surface area (Å²) in [4.78, 5) is 5.71. The maximum atomic E-state index is 9.08. The zero-order chi connectivity index (χ0) is 12.4. The number of halogens is 1. The molecule has 0 aliphatic rings. The Morgan fingerprint density at radius 1 is 1.41 bits per heavy atom. The first-order chi connectivity index (χ1) is 8.08. The third kappa shape index (κ3) is 4.05. The van der Waals surface area contributed by atoms with Crippen molar-refractivity contribution in [3.8, 4) is 6.07 Å². The molecule has 0 aliphatic heterocycles. The van der Waals surface area contributed by atoms with Gasteiger partial charge in [0.1, 0.15) is 0 Å². The van der Waals surface area contributed by atoms with E-state index in [1.165, 1.54) is 18.9 Å². The molecule has 2 nitrogen and oxygen atoms in total. The van der Waals surface area contributed by atoms with Gasteiger partial charge in [-0.05, 0) is 0 Å². The first-order valence-electron chi connectivity index (χ1n) is 4.67. The molecule has 0 aromatic carbocycles. The molecule has 7 heteroatoms. The Balaban J connectivity index is 2.20. The van der Waals surface area contributed by atoms with E-state index in [0.29, 0.717) is 0 Å². The Kier molecular flexibility index (Phi) is 5.60. The first kappa shape index (κ1) is 14.6. The molecule has 0 aliphatic carbocycles. The maximum absolute atomic E-state index is 9.08. The zero-order valence-corrected chi connectivity index (χ0v) is 19.5. The number of fused-ring (bicyclic) bond motifs is 1. The van der Waals surface area contributed by atoms with Gasteiger partial charge in [-0.25, -0.2) is 0 Å². The van der Waals surface area contributed by atoms with Gasteiger partial charge in [0.15, 0.2) is 0 Å². The molecule has 2 aromatic rings. The first-order valence-corrected chi connectivity index (χ1v) is 11.0. The van der Waals surface area contributed by atoms with E-state index < -0.39 is 0 Å². The standard InChI is InChI=1S/C10H5BrN2S2.2Pb/c1-13-6(5-12)2-7-3-8-9(14-7)4-10(11)15-8;;/h3-4,6H,2H2;;. The van der Waals surface area contributed by atoms with Crippen LogP contribution >= 0.6 is 38.6 Å². The van der Waals surface area contributed by atoms with Crippen molar-refractivity contribution in [2.45, 2.75) is 12.5 Å². The molecule has 0 bridgehead atoms. The van der Waals surface area contributed by atoms with Crippen LogP contribution in [0.3, 0.4) is 0 Å². The summed E-state index contributed by atoms with van der Waals surface area (Å²) in [5, 5.41) is 9.08. The molecular weight excluding hydrogens is 707 g/mol. The molecule has 17 heavy (non-hydrogen) atoms. The summed E-state index contributed by atoms with van der Waals surface area (Å²) in [5.41, 5.74) is 0. The molecule has 0 saturated carbocycles. The minimum atomic E-state index is -0.184. The number of nitrogens with zero attached hydrogens (tertiary/aromatic N) is 2. The second kappa shape index (κ2) is 6.54. The predicted molar refractivity (Wildman–Crippen MR) is 79.5 cm³/mol. The van der Waals surface area contributed by atoms with Gasteiger partial charge in [-0.3, -0.25) is 0 Å². The van der Waals surface area contributed by atoms with Gasteiger partial charge in [-0.1, -0.05) is 0 Å². The van der Waals surface area contributed by atoms with E-state index >= 15 is 0 Å². The van der Waals surface area contributed by atoms with E-state index in [2.05, 4.69) is 39.1 Å². The van der Waals surface area contributed by atoms with Crippen molar-refractivity contribution in [3.05, 3.63) is 20.8 Å². The van der Waals surface area contributed by atoms with Crippen LogP contribution in [0.2, 0.25) is 0 Å². The van der Waals surface area contributed by atoms with Gasteiger partial charge in [0.25, 0.3) is 0 Å². The third-order valence-corrected chi connectivity index (χ3v) is 5.88. The van der Waals surface area contributed by atoms with Gasteiger partial charge in [-0.15, -0.1) is 0 Å². The summed E-state index contributed by atoms with van der Waals surface area (Å²) in [7, 11) is 0. The zero-order valence-electron chi connectivity index (χ0n) is 8.53. The second-order valence-corrected chi connectivity index (χ2v) is 18.2. The molecule has 2 heterocycles. The van der Waals surface area contributed by atoms with Gasteiger partial charge in [-0.2, -0.15) is 0 Å². The average molecular weight is 712 g/mol. The number of thiophene rings is 2. The Morgan fingerprint density at radius 2 is 2.12 bits per heavy atom. The van der Waals surface area contributed by atoms with Crippen molar-refractivity contribution in [3.63, 3.8) is 0 Å². The van der Waals surface area contributed by atoms with Gasteiger partial charge in [0.2, 0.25) is 0 Å². The van der Waals surface area contributed by atoms with Crippen LogP contribution in [0.1, 0.15) is 4.88 Å². The van der Waals surface area contributed by atoms with E-state index in [1.54, 1.807) is 22.7 Å². The number of hydrogen-bond donors (Lipinski definition) is 0. The Morgan fingerprint density at radius 3 is 2.71 bits per heavy atom. The molecule has 2 aromatic heterocycles. The fourth-order valence-corrected chi connectivity index (χ4v) is 5.72. The van der Waals surface area contributed by atoms with E-state index in [0.717, 1.165) is 58.0 Å². The van der Waals surface area contributed by atoms with Crippen molar-refractivity contribution in [2.75, 3.05) is 0 Å². The molecule has 0 N–H and O–H groups in total. The summed E-state index contributed by atoms with van der Waals surface area (Å²) in [6.07, 6.45) is 0.758. The Labute approximate surface area is 148 Å². The van der Waals surface area contributed by atoms with Crippen LogP contribution in [-0.2, 0) is 6.42 Å². The van der Waals surface area contributed by atoms with Crippen molar-refractivity contribution >= 4 is 100 Å². The molecule has 0 fully saturated rings. The average Bonchev–Trinajstić information content (AvgIpc) is 2.72. The van der Waals surface area contributed by atoms with Gasteiger partial charge in [0.05, 0.1) is 0 Å². The number of hydrogen-bond acceptors (Lipinski definition) is 4. The van der Waals surface area contributed by atoms with Crippen LogP contribution in [0, 0.1) is 11.3 Å². The quantitative estimate of drug-likeness (QED) is 0.357. The summed E-state index contributed by atoms with van der Waals surface area (Å²) < 4.78 is 5.00. The van der Waals surface area contributed by atoms with Crippen LogP contribution in [0.15, 0.2) is 20.9 Å². The molecule has 1 unspecified atom stereocenters. The van der Waals surface area contributed by atoms with E-state index in [-0.39, 0.29) is 6.04 Å². The molecule has 1 atom stereocenters. The van der Waals surface area contributed by atoms with E-state index in [4.69, 9.17) is 5.26 Å². The fourth-order valence-electron chi connectivity index (χ4n) is 1.42. The van der Waals surface area contributed by atoms with Crippen LogP contribution in [0.4, 0.5) is 0 Å². The number of rotatable bonds is 3. The van der Waals surface area contributed by atoms with Gasteiger partial charge >= 0.3 is 150 Å². The minimum absolute atomic E-state index is 0.184. The topological polar surface area (TPSA) is 36.1 Å². The summed E-state index contributed by atoms with van der Waals surface area (Å²) in [6, 6.07) is 6.44. The molecule has 0 saturated heterocycles. The molecule has 0 amide bonds. The molecule has 82 valence electrons. The number of aliphatic imine (C=N–C) groups is 1. The molecule has 6 radical (unpaired) electrons. The summed E-state index contributed by atoms with van der Waals surface area (Å²) >= 11 is 8.99. The third-order valence-electron chi connectivity index (χ3n) is 2.06. The van der Waals surface area contributed by atoms with Crippen LogP contribution < -0.4 is 0 Å². The van der Waals surface area contributed by atoms with Crippen LogP contribution in [0.25, 0.3) is 9.40 Å². The van der Waals surface area contributed by atoms with Crippen LogP contribution in [0.5, 0.6) is 0 Å². The van der Waals surface area contributed by atoms with E-state index in [1.807, 2.05) is 0 Å². The van der Waals surface area contributed by atoms with Crippen molar-refractivity contribution in [1.29, 1.82) is 5.26 Å². The van der Waals surface area contributed by atoms with Crippen molar-refractivity contribution in [1.82, 2.24) is 0 Å². The van der Waals surface area contributed by atoms with Crippen LogP contribution in [-0.4, -0.2) is 58.4 Å².